The molecule has 242 valence electrons. The Morgan fingerprint density at radius 2 is 1.81 bits per heavy atom. The molecule has 0 radical (unpaired) electrons. The third kappa shape index (κ3) is 8.48. The monoisotopic (exact) mass is 691 g/mol. The lowest BCUT2D eigenvalue weighted by atomic mass is 9.88. The molecule has 47 heavy (non-hydrogen) atoms. The number of anilines is 2. The number of carbonyl (C=O) groups excluding carboxylic acids is 4. The summed E-state index contributed by atoms with van der Waals surface area (Å²) in [7, 11) is 1.33. The van der Waals surface area contributed by atoms with Gasteiger partial charge in [-0.3, -0.25) is 14.4 Å². The van der Waals surface area contributed by atoms with Crippen LogP contribution in [0, 0.1) is 11.7 Å². The zero-order valence-electron chi connectivity index (χ0n) is 25.5. The number of rotatable bonds is 10. The minimum absolute atomic E-state index is 0.0427. The van der Waals surface area contributed by atoms with Crippen molar-refractivity contribution in [1.29, 1.82) is 0 Å². The molecule has 3 N–H and O–H groups in total. The number of hydrogen-bond acceptors (Lipinski definition) is 7. The molecule has 0 aliphatic heterocycles. The summed E-state index contributed by atoms with van der Waals surface area (Å²) in [5.41, 5.74) is 1.79. The van der Waals surface area contributed by atoms with Crippen LogP contribution in [0.1, 0.15) is 50.1 Å². The van der Waals surface area contributed by atoms with Crippen molar-refractivity contribution in [3.8, 4) is 0 Å². The summed E-state index contributed by atoms with van der Waals surface area (Å²) >= 11 is 8.86. The highest BCUT2D eigenvalue weighted by molar-refractivity contribution is 8.00. The summed E-state index contributed by atoms with van der Waals surface area (Å²) < 4.78 is 19.6. The molecule has 4 aromatic rings. The molecule has 0 fully saturated rings. The number of fused-ring (bicyclic) bond motifs is 1. The molecule has 1 heterocycles. The van der Waals surface area contributed by atoms with Gasteiger partial charge in [0, 0.05) is 26.6 Å². The molecule has 1 atom stereocenters. The fourth-order valence-corrected chi connectivity index (χ4v) is 7.45. The van der Waals surface area contributed by atoms with Gasteiger partial charge in [0.2, 0.25) is 5.91 Å². The third-order valence-corrected chi connectivity index (χ3v) is 9.93. The first kappa shape index (κ1) is 33.9. The van der Waals surface area contributed by atoms with Gasteiger partial charge in [0.25, 0.3) is 11.8 Å². The summed E-state index contributed by atoms with van der Waals surface area (Å²) in [6, 6.07) is 19.2. The Hall–Kier alpha value is -4.45. The molecule has 1 aromatic heterocycles. The lowest BCUT2D eigenvalue weighted by Gasteiger charge is -2.18. The number of methoxy groups -OCH3 is 1. The Balaban J connectivity index is 1.29. The molecule has 0 spiro atoms. The van der Waals surface area contributed by atoms with Crippen LogP contribution in [0.2, 0.25) is 5.02 Å². The van der Waals surface area contributed by atoms with E-state index in [1.165, 1.54) is 54.5 Å². The van der Waals surface area contributed by atoms with Crippen LogP contribution >= 0.6 is 34.7 Å². The largest absolute Gasteiger partial charge is 0.465 e. The van der Waals surface area contributed by atoms with Crippen LogP contribution in [0.5, 0.6) is 0 Å². The van der Waals surface area contributed by atoms with E-state index in [-0.39, 0.29) is 27.9 Å². The quantitative estimate of drug-likeness (QED) is 0.0897. The molecule has 1 aliphatic carbocycles. The molecule has 8 nitrogen and oxygen atoms in total. The molecular weight excluding hydrogens is 661 g/mol. The van der Waals surface area contributed by atoms with Crippen molar-refractivity contribution in [3.63, 3.8) is 0 Å². The standard InChI is InChI=1S/C35H31ClFN3O5S2/c1-20-14-15-24-29(16-20)47-34(31(24)35(44)45-2)40-30(41)19-46-23-11-6-10-22(17-23)38-33(43)28(18-25-26(36)12-7-13-27(25)37)39-32(42)21-8-4-3-5-9-21/h3-13,17-18,20H,14-16,19H2,1-2H3,(H,38,43)(H,39,42)(H,40,41)/b28-18+. The normalized spacial score (nSPS) is 14.1. The van der Waals surface area contributed by atoms with Crippen LogP contribution in [-0.4, -0.2) is 36.6 Å². The Morgan fingerprint density at radius 3 is 2.55 bits per heavy atom. The average Bonchev–Trinajstić information content (AvgIpc) is 3.41. The van der Waals surface area contributed by atoms with E-state index in [9.17, 15) is 23.6 Å². The Morgan fingerprint density at radius 1 is 1.04 bits per heavy atom. The van der Waals surface area contributed by atoms with E-state index in [2.05, 4.69) is 22.9 Å². The van der Waals surface area contributed by atoms with Gasteiger partial charge in [-0.15, -0.1) is 23.1 Å². The van der Waals surface area contributed by atoms with Crippen molar-refractivity contribution < 1.29 is 28.3 Å². The zero-order chi connectivity index (χ0) is 33.5. The third-order valence-electron chi connectivity index (χ3n) is 7.43. The molecule has 1 aliphatic rings. The molecular formula is C35H31ClFN3O5S2. The maximum Gasteiger partial charge on any atom is 0.341 e. The van der Waals surface area contributed by atoms with E-state index in [0.29, 0.717) is 32.6 Å². The van der Waals surface area contributed by atoms with E-state index in [4.69, 9.17) is 16.3 Å². The van der Waals surface area contributed by atoms with Crippen LogP contribution in [0.3, 0.4) is 0 Å². The molecule has 0 saturated heterocycles. The number of hydrogen-bond donors (Lipinski definition) is 3. The predicted molar refractivity (Wildman–Crippen MR) is 185 cm³/mol. The number of thiophene rings is 1. The second kappa shape index (κ2) is 15.4. The number of esters is 1. The van der Waals surface area contributed by atoms with Gasteiger partial charge in [-0.25, -0.2) is 9.18 Å². The van der Waals surface area contributed by atoms with Crippen molar-refractivity contribution in [2.45, 2.75) is 31.1 Å². The van der Waals surface area contributed by atoms with E-state index in [1.54, 1.807) is 54.6 Å². The number of halogens is 2. The molecule has 0 saturated carbocycles. The van der Waals surface area contributed by atoms with E-state index in [1.807, 2.05) is 0 Å². The lowest BCUT2D eigenvalue weighted by Crippen LogP contribution is -2.30. The van der Waals surface area contributed by atoms with Crippen molar-refractivity contribution in [2.75, 3.05) is 23.5 Å². The van der Waals surface area contributed by atoms with Crippen molar-refractivity contribution >= 4 is 75.2 Å². The smallest absolute Gasteiger partial charge is 0.341 e. The summed E-state index contributed by atoms with van der Waals surface area (Å²) in [6.45, 7) is 2.17. The van der Waals surface area contributed by atoms with Crippen LogP contribution < -0.4 is 16.0 Å². The highest BCUT2D eigenvalue weighted by Crippen LogP contribution is 2.40. The molecule has 12 heteroatoms. The van der Waals surface area contributed by atoms with Gasteiger partial charge >= 0.3 is 5.97 Å². The Bertz CT molecular complexity index is 1840. The second-order valence-corrected chi connectivity index (χ2v) is 13.4. The van der Waals surface area contributed by atoms with Crippen LogP contribution in [0.15, 0.2) is 83.4 Å². The topological polar surface area (TPSA) is 114 Å². The van der Waals surface area contributed by atoms with Gasteiger partial charge in [-0.05, 0) is 79.3 Å². The number of benzene rings is 3. The first-order valence-electron chi connectivity index (χ1n) is 14.7. The maximum absolute atomic E-state index is 14.6. The summed E-state index contributed by atoms with van der Waals surface area (Å²) in [6.07, 6.45) is 3.77. The summed E-state index contributed by atoms with van der Waals surface area (Å²) in [5, 5.41) is 8.75. The van der Waals surface area contributed by atoms with Crippen LogP contribution in [0.4, 0.5) is 15.1 Å². The first-order chi connectivity index (χ1) is 22.6. The fraction of sp³-hybridized carbons (Fsp3) is 0.200. The number of thioether (sulfide) groups is 1. The molecule has 0 bridgehead atoms. The number of ether oxygens (including phenoxy) is 1. The van der Waals surface area contributed by atoms with Crippen molar-refractivity contribution in [3.05, 3.63) is 116 Å². The number of carbonyl (C=O) groups is 4. The maximum atomic E-state index is 14.6. The van der Waals surface area contributed by atoms with Gasteiger partial charge < -0.3 is 20.7 Å². The minimum Gasteiger partial charge on any atom is -0.465 e. The summed E-state index contributed by atoms with van der Waals surface area (Å²) in [5.74, 6) is -2.15. The number of nitrogens with one attached hydrogen (secondary N) is 3. The van der Waals surface area contributed by atoms with Gasteiger partial charge in [-0.1, -0.05) is 48.9 Å². The van der Waals surface area contributed by atoms with Gasteiger partial charge in [0.15, 0.2) is 0 Å². The highest BCUT2D eigenvalue weighted by Gasteiger charge is 2.29. The van der Waals surface area contributed by atoms with Gasteiger partial charge in [-0.2, -0.15) is 0 Å². The van der Waals surface area contributed by atoms with E-state index < -0.39 is 23.6 Å². The molecule has 3 amide bonds. The molecule has 5 rings (SSSR count). The highest BCUT2D eigenvalue weighted by atomic mass is 35.5. The molecule has 1 unspecified atom stereocenters. The SMILES string of the molecule is COC(=O)c1c(NC(=O)CSc2cccc(NC(=O)/C(=C\c3c(F)cccc3Cl)NC(=O)c3ccccc3)c2)sc2c1CCC(C)C2. The first-order valence-corrected chi connectivity index (χ1v) is 16.9. The van der Waals surface area contributed by atoms with Crippen LogP contribution in [0.25, 0.3) is 6.08 Å². The van der Waals surface area contributed by atoms with Gasteiger partial charge in [0.05, 0.1) is 23.4 Å². The fourth-order valence-electron chi connectivity index (χ4n) is 5.07. The average molecular weight is 692 g/mol. The lowest BCUT2D eigenvalue weighted by molar-refractivity contribution is -0.114. The van der Waals surface area contributed by atoms with E-state index >= 15 is 0 Å². The predicted octanol–water partition coefficient (Wildman–Crippen LogP) is 7.59. The van der Waals surface area contributed by atoms with Crippen molar-refractivity contribution in [2.24, 2.45) is 5.92 Å². The number of amides is 3. The second-order valence-electron chi connectivity index (χ2n) is 10.9. The summed E-state index contributed by atoms with van der Waals surface area (Å²) in [4.78, 5) is 53.7. The minimum atomic E-state index is -0.709. The Kier molecular flexibility index (Phi) is 11.1. The van der Waals surface area contributed by atoms with Crippen LogP contribution in [-0.2, 0) is 27.2 Å². The zero-order valence-corrected chi connectivity index (χ0v) is 27.9. The van der Waals surface area contributed by atoms with Gasteiger partial charge in [0.1, 0.15) is 16.5 Å². The van der Waals surface area contributed by atoms with E-state index in [0.717, 1.165) is 29.7 Å². The Labute approximate surface area is 284 Å². The molecule has 3 aromatic carbocycles. The van der Waals surface area contributed by atoms with Crippen molar-refractivity contribution in [1.82, 2.24) is 5.32 Å².